The predicted octanol–water partition coefficient (Wildman–Crippen LogP) is 2.60. The first-order chi connectivity index (χ1) is 6.24. The lowest BCUT2D eigenvalue weighted by Crippen LogP contribution is -2.07. The van der Waals surface area contributed by atoms with E-state index in [1.807, 2.05) is 23.8 Å². The fourth-order valence-corrected chi connectivity index (χ4v) is 1.85. The van der Waals surface area contributed by atoms with Crippen LogP contribution in [0, 0.1) is 0 Å². The molecule has 13 heavy (non-hydrogen) atoms. The molecule has 0 saturated carbocycles. The first-order valence-corrected chi connectivity index (χ1v) is 5.41. The zero-order valence-electron chi connectivity index (χ0n) is 8.06. The van der Waals surface area contributed by atoms with Crippen molar-refractivity contribution in [2.24, 2.45) is 0 Å². The van der Waals surface area contributed by atoms with Gasteiger partial charge >= 0.3 is 0 Å². The van der Waals surface area contributed by atoms with Crippen LogP contribution in [-0.2, 0) is 4.74 Å². The Labute approximate surface area is 83.2 Å². The molecule has 1 heterocycles. The third-order valence-corrected chi connectivity index (χ3v) is 2.88. The van der Waals surface area contributed by atoms with Crippen LogP contribution in [0.2, 0.25) is 0 Å². The van der Waals surface area contributed by atoms with Crippen LogP contribution in [0.3, 0.4) is 0 Å². The predicted molar refractivity (Wildman–Crippen MR) is 55.0 cm³/mol. The fourth-order valence-electron chi connectivity index (χ4n) is 1.14. The number of ether oxygens (including phenoxy) is 1. The summed E-state index contributed by atoms with van der Waals surface area (Å²) in [5, 5.41) is 13.7. The summed E-state index contributed by atoms with van der Waals surface area (Å²) < 4.78 is 5.11. The van der Waals surface area contributed by atoms with Crippen LogP contribution in [-0.4, -0.2) is 18.3 Å². The van der Waals surface area contributed by atoms with Gasteiger partial charge in [0.05, 0.1) is 12.2 Å². The van der Waals surface area contributed by atoms with E-state index in [1.165, 1.54) is 0 Å². The standard InChI is InChI=1S/C10H16O2S/c1-8(12-2)3-4-10(11)9-5-6-13-7-9/h5-8,10-11H,3-4H2,1-2H3. The van der Waals surface area contributed by atoms with Gasteiger partial charge in [-0.25, -0.2) is 0 Å². The molecule has 2 unspecified atom stereocenters. The maximum Gasteiger partial charge on any atom is 0.0799 e. The number of aliphatic hydroxyl groups excluding tert-OH is 1. The maximum atomic E-state index is 9.70. The molecule has 0 saturated heterocycles. The zero-order chi connectivity index (χ0) is 9.68. The molecule has 1 aromatic rings. The SMILES string of the molecule is COC(C)CCC(O)c1ccsc1. The Bertz CT molecular complexity index is 221. The first-order valence-electron chi connectivity index (χ1n) is 4.47. The molecule has 0 aliphatic carbocycles. The van der Waals surface area contributed by atoms with Gasteiger partial charge in [-0.05, 0) is 42.2 Å². The highest BCUT2D eigenvalue weighted by Crippen LogP contribution is 2.21. The van der Waals surface area contributed by atoms with Crippen LogP contribution >= 0.6 is 11.3 Å². The number of hydrogen-bond donors (Lipinski definition) is 1. The van der Waals surface area contributed by atoms with E-state index in [1.54, 1.807) is 18.4 Å². The summed E-state index contributed by atoms with van der Waals surface area (Å²) in [4.78, 5) is 0. The Morgan fingerprint density at radius 3 is 2.85 bits per heavy atom. The van der Waals surface area contributed by atoms with Crippen LogP contribution in [0.4, 0.5) is 0 Å². The Morgan fingerprint density at radius 2 is 2.31 bits per heavy atom. The number of thiophene rings is 1. The summed E-state index contributed by atoms with van der Waals surface area (Å²) in [6.45, 7) is 2.01. The molecule has 3 heteroatoms. The second-order valence-corrected chi connectivity index (χ2v) is 3.98. The van der Waals surface area contributed by atoms with Crippen molar-refractivity contribution in [3.8, 4) is 0 Å². The van der Waals surface area contributed by atoms with Gasteiger partial charge in [0.15, 0.2) is 0 Å². The van der Waals surface area contributed by atoms with Crippen LogP contribution in [0.15, 0.2) is 16.8 Å². The molecule has 1 aromatic heterocycles. The van der Waals surface area contributed by atoms with Gasteiger partial charge in [0, 0.05) is 7.11 Å². The van der Waals surface area contributed by atoms with Gasteiger partial charge in [0.25, 0.3) is 0 Å². The van der Waals surface area contributed by atoms with Crippen molar-refractivity contribution in [2.45, 2.75) is 32.0 Å². The smallest absolute Gasteiger partial charge is 0.0799 e. The van der Waals surface area contributed by atoms with E-state index in [2.05, 4.69) is 0 Å². The van der Waals surface area contributed by atoms with Crippen molar-refractivity contribution in [1.29, 1.82) is 0 Å². The zero-order valence-corrected chi connectivity index (χ0v) is 8.88. The van der Waals surface area contributed by atoms with Crippen LogP contribution in [0.5, 0.6) is 0 Å². The lowest BCUT2D eigenvalue weighted by Gasteiger charge is -2.12. The topological polar surface area (TPSA) is 29.5 Å². The average Bonchev–Trinajstić information content (AvgIpc) is 2.66. The molecule has 0 aliphatic rings. The minimum absolute atomic E-state index is 0.230. The van der Waals surface area contributed by atoms with Crippen LogP contribution in [0.25, 0.3) is 0 Å². The normalized spacial score (nSPS) is 15.6. The molecule has 0 amide bonds. The highest BCUT2D eigenvalue weighted by molar-refractivity contribution is 7.07. The monoisotopic (exact) mass is 200 g/mol. The van der Waals surface area contributed by atoms with E-state index >= 15 is 0 Å². The second-order valence-electron chi connectivity index (χ2n) is 3.20. The minimum atomic E-state index is -0.330. The molecule has 1 rings (SSSR count). The molecule has 0 radical (unpaired) electrons. The molecule has 0 aliphatic heterocycles. The third kappa shape index (κ3) is 3.46. The summed E-state index contributed by atoms with van der Waals surface area (Å²) in [6.07, 6.45) is 1.57. The Hall–Kier alpha value is -0.380. The Kier molecular flexibility index (Phi) is 4.42. The van der Waals surface area contributed by atoms with Crippen molar-refractivity contribution < 1.29 is 9.84 Å². The van der Waals surface area contributed by atoms with Gasteiger partial charge in [0.2, 0.25) is 0 Å². The molecule has 0 bridgehead atoms. The number of rotatable bonds is 5. The van der Waals surface area contributed by atoms with Crippen molar-refractivity contribution >= 4 is 11.3 Å². The lowest BCUT2D eigenvalue weighted by molar-refractivity contribution is 0.0852. The molecule has 0 aromatic carbocycles. The van der Waals surface area contributed by atoms with E-state index in [0.29, 0.717) is 0 Å². The van der Waals surface area contributed by atoms with E-state index in [9.17, 15) is 5.11 Å². The molecule has 2 nitrogen and oxygen atoms in total. The van der Waals surface area contributed by atoms with Crippen molar-refractivity contribution in [3.05, 3.63) is 22.4 Å². The van der Waals surface area contributed by atoms with E-state index in [0.717, 1.165) is 18.4 Å². The van der Waals surface area contributed by atoms with Gasteiger partial charge in [0.1, 0.15) is 0 Å². The van der Waals surface area contributed by atoms with Gasteiger partial charge < -0.3 is 9.84 Å². The van der Waals surface area contributed by atoms with Gasteiger partial charge in [-0.3, -0.25) is 0 Å². The van der Waals surface area contributed by atoms with Gasteiger partial charge in [-0.1, -0.05) is 0 Å². The average molecular weight is 200 g/mol. The van der Waals surface area contributed by atoms with E-state index in [4.69, 9.17) is 4.74 Å². The molecule has 74 valence electrons. The minimum Gasteiger partial charge on any atom is -0.388 e. The van der Waals surface area contributed by atoms with Gasteiger partial charge in [-0.15, -0.1) is 0 Å². The summed E-state index contributed by atoms with van der Waals surface area (Å²) in [6, 6.07) is 1.97. The van der Waals surface area contributed by atoms with E-state index < -0.39 is 0 Å². The Balaban J connectivity index is 2.30. The van der Waals surface area contributed by atoms with Crippen LogP contribution in [0.1, 0.15) is 31.4 Å². The number of hydrogen-bond acceptors (Lipinski definition) is 3. The second kappa shape index (κ2) is 5.37. The molecule has 0 spiro atoms. The number of aliphatic hydroxyl groups is 1. The summed E-state index contributed by atoms with van der Waals surface area (Å²) in [7, 11) is 1.70. The molecular weight excluding hydrogens is 184 g/mol. The van der Waals surface area contributed by atoms with Crippen molar-refractivity contribution in [3.63, 3.8) is 0 Å². The molecule has 0 fully saturated rings. The van der Waals surface area contributed by atoms with Crippen LogP contribution < -0.4 is 0 Å². The summed E-state index contributed by atoms with van der Waals surface area (Å²) in [5.74, 6) is 0. The van der Waals surface area contributed by atoms with Crippen molar-refractivity contribution in [2.75, 3.05) is 7.11 Å². The van der Waals surface area contributed by atoms with Gasteiger partial charge in [-0.2, -0.15) is 11.3 Å². The highest BCUT2D eigenvalue weighted by atomic mass is 32.1. The number of methoxy groups -OCH3 is 1. The largest absolute Gasteiger partial charge is 0.388 e. The Morgan fingerprint density at radius 1 is 1.54 bits per heavy atom. The highest BCUT2D eigenvalue weighted by Gasteiger charge is 2.09. The first kappa shape index (κ1) is 10.7. The summed E-state index contributed by atoms with van der Waals surface area (Å²) in [5.41, 5.74) is 1.02. The molecule has 1 N–H and O–H groups in total. The van der Waals surface area contributed by atoms with Crippen molar-refractivity contribution in [1.82, 2.24) is 0 Å². The lowest BCUT2D eigenvalue weighted by atomic mass is 10.1. The summed E-state index contributed by atoms with van der Waals surface area (Å²) >= 11 is 1.62. The molecule has 2 atom stereocenters. The fraction of sp³-hybridized carbons (Fsp3) is 0.600. The molecular formula is C10H16O2S. The third-order valence-electron chi connectivity index (χ3n) is 2.18. The quantitative estimate of drug-likeness (QED) is 0.791. The van der Waals surface area contributed by atoms with E-state index in [-0.39, 0.29) is 12.2 Å². The maximum absolute atomic E-state index is 9.70.